The molecule has 0 aromatic rings. The maximum atomic E-state index is 12.0. The van der Waals surface area contributed by atoms with Crippen molar-refractivity contribution < 1.29 is 24.9 Å². The van der Waals surface area contributed by atoms with Crippen molar-refractivity contribution in [3.63, 3.8) is 0 Å². The van der Waals surface area contributed by atoms with E-state index in [2.05, 4.69) is 38.2 Å². The second kappa shape index (κ2) is 26.5. The van der Waals surface area contributed by atoms with E-state index in [1.165, 1.54) is 70.6 Å². The summed E-state index contributed by atoms with van der Waals surface area (Å²) in [7, 11) is 0. The summed E-state index contributed by atoms with van der Waals surface area (Å²) in [5.74, 6) is -0.0339. The highest BCUT2D eigenvalue weighted by molar-refractivity contribution is 5.69. The highest BCUT2D eigenvalue weighted by atomic mass is 16.5. The molecule has 3 N–H and O–H groups in total. The molecule has 0 unspecified atom stereocenters. The van der Waals surface area contributed by atoms with Gasteiger partial charge in [-0.15, -0.1) is 0 Å². The monoisotopic (exact) mass is 578 g/mol. The van der Waals surface area contributed by atoms with Crippen molar-refractivity contribution in [1.29, 1.82) is 0 Å². The van der Waals surface area contributed by atoms with Gasteiger partial charge in [0.15, 0.2) is 0 Å². The molecule has 1 aliphatic rings. The van der Waals surface area contributed by atoms with E-state index >= 15 is 0 Å². The third-order valence-corrected chi connectivity index (χ3v) is 8.74. The number of allylic oxidation sites excluding steroid dienone is 4. The predicted molar refractivity (Wildman–Crippen MR) is 172 cm³/mol. The molecule has 5 atom stereocenters. The van der Waals surface area contributed by atoms with Crippen LogP contribution >= 0.6 is 0 Å². The molecule has 1 aliphatic carbocycles. The van der Waals surface area contributed by atoms with E-state index < -0.39 is 12.2 Å². The Morgan fingerprint density at radius 1 is 0.707 bits per heavy atom. The molecule has 0 spiro atoms. The predicted octanol–water partition coefficient (Wildman–Crippen LogP) is 8.98. The van der Waals surface area contributed by atoms with Gasteiger partial charge in [-0.2, -0.15) is 0 Å². The van der Waals surface area contributed by atoms with Crippen molar-refractivity contribution in [2.45, 2.75) is 180 Å². The van der Waals surface area contributed by atoms with Crippen molar-refractivity contribution in [1.82, 2.24) is 0 Å². The normalized spacial score (nSPS) is 21.8. The maximum Gasteiger partial charge on any atom is 0.305 e. The molecule has 0 saturated heterocycles. The SMILES string of the molecule is CCCCCC/C=C/CCCCCCOC(=O)CCC/C=C\C[C@@H]1[C@@H](CC[C@@H](O)CCCCCCC)[C@H](O)C[C@@H]1O. The topological polar surface area (TPSA) is 87.0 Å². The molecule has 5 heteroatoms. The molecule has 0 aliphatic heterocycles. The Morgan fingerprint density at radius 3 is 1.98 bits per heavy atom. The molecule has 0 heterocycles. The summed E-state index contributed by atoms with van der Waals surface area (Å²) in [6.07, 6.45) is 31.1. The summed E-state index contributed by atoms with van der Waals surface area (Å²) in [5.41, 5.74) is 0. The molecule has 41 heavy (non-hydrogen) atoms. The summed E-state index contributed by atoms with van der Waals surface area (Å²) < 4.78 is 5.39. The Kier molecular flexibility index (Phi) is 24.4. The fourth-order valence-corrected chi connectivity index (χ4v) is 6.05. The minimum absolute atomic E-state index is 0.0366. The van der Waals surface area contributed by atoms with Crippen molar-refractivity contribution >= 4 is 5.97 Å². The van der Waals surface area contributed by atoms with Crippen LogP contribution in [0.1, 0.15) is 162 Å². The van der Waals surface area contributed by atoms with Crippen LogP contribution in [0.25, 0.3) is 0 Å². The summed E-state index contributed by atoms with van der Waals surface area (Å²) in [4.78, 5) is 12.0. The first-order chi connectivity index (χ1) is 20.0. The van der Waals surface area contributed by atoms with Crippen LogP contribution in [0.15, 0.2) is 24.3 Å². The van der Waals surface area contributed by atoms with Gasteiger partial charge in [-0.05, 0) is 88.9 Å². The zero-order chi connectivity index (χ0) is 30.0. The van der Waals surface area contributed by atoms with Crippen LogP contribution in [0.2, 0.25) is 0 Å². The van der Waals surface area contributed by atoms with Gasteiger partial charge < -0.3 is 20.1 Å². The number of hydrogen-bond donors (Lipinski definition) is 3. The summed E-state index contributed by atoms with van der Waals surface area (Å²) in [5, 5.41) is 31.4. The second-order valence-corrected chi connectivity index (χ2v) is 12.5. The Morgan fingerprint density at radius 2 is 1.27 bits per heavy atom. The molecule has 0 bridgehead atoms. The molecule has 1 saturated carbocycles. The average molecular weight is 579 g/mol. The van der Waals surface area contributed by atoms with Crippen molar-refractivity contribution in [2.24, 2.45) is 11.8 Å². The van der Waals surface area contributed by atoms with Gasteiger partial charge >= 0.3 is 5.97 Å². The van der Waals surface area contributed by atoms with Gasteiger partial charge in [-0.3, -0.25) is 4.79 Å². The highest BCUT2D eigenvalue weighted by Crippen LogP contribution is 2.38. The number of hydrogen-bond acceptors (Lipinski definition) is 5. The van der Waals surface area contributed by atoms with Crippen molar-refractivity contribution in [3.05, 3.63) is 24.3 Å². The minimum atomic E-state index is -0.489. The molecule has 0 aromatic heterocycles. The summed E-state index contributed by atoms with van der Waals surface area (Å²) >= 11 is 0. The zero-order valence-electron chi connectivity index (χ0n) is 26.8. The molecular formula is C36H66O5. The van der Waals surface area contributed by atoms with Gasteiger partial charge in [0.05, 0.1) is 24.9 Å². The minimum Gasteiger partial charge on any atom is -0.466 e. The molecule has 0 amide bonds. The van der Waals surface area contributed by atoms with Crippen LogP contribution in [0.4, 0.5) is 0 Å². The molecule has 1 fully saturated rings. The first-order valence-electron chi connectivity index (χ1n) is 17.5. The van der Waals surface area contributed by atoms with Crippen LogP contribution in [-0.2, 0) is 9.53 Å². The van der Waals surface area contributed by atoms with Crippen molar-refractivity contribution in [3.8, 4) is 0 Å². The number of aliphatic hydroxyl groups excluding tert-OH is 3. The number of carbonyl (C=O) groups is 1. The number of rotatable bonds is 27. The summed E-state index contributed by atoms with van der Waals surface area (Å²) in [6, 6.07) is 0. The average Bonchev–Trinajstić information content (AvgIpc) is 3.23. The molecular weight excluding hydrogens is 512 g/mol. The lowest BCUT2D eigenvalue weighted by Crippen LogP contribution is -2.23. The van der Waals surface area contributed by atoms with Crippen LogP contribution in [0.3, 0.4) is 0 Å². The quantitative estimate of drug-likeness (QED) is 0.0514. The number of esters is 1. The van der Waals surface area contributed by atoms with Gasteiger partial charge in [0.2, 0.25) is 0 Å². The molecule has 0 aromatic carbocycles. The van der Waals surface area contributed by atoms with Gasteiger partial charge in [-0.1, -0.05) is 102 Å². The lowest BCUT2D eigenvalue weighted by molar-refractivity contribution is -0.143. The second-order valence-electron chi connectivity index (χ2n) is 12.5. The van der Waals surface area contributed by atoms with E-state index in [1.54, 1.807) is 0 Å². The van der Waals surface area contributed by atoms with Crippen LogP contribution in [0, 0.1) is 11.8 Å². The van der Waals surface area contributed by atoms with E-state index in [0.29, 0.717) is 25.9 Å². The fourth-order valence-electron chi connectivity index (χ4n) is 6.05. The Labute approximate surface area is 253 Å². The Bertz CT molecular complexity index is 660. The van der Waals surface area contributed by atoms with Gasteiger partial charge in [0.25, 0.3) is 0 Å². The van der Waals surface area contributed by atoms with E-state index in [0.717, 1.165) is 57.8 Å². The Hall–Kier alpha value is -1.17. The van der Waals surface area contributed by atoms with Gasteiger partial charge in [0, 0.05) is 6.42 Å². The molecule has 1 rings (SSSR count). The maximum absolute atomic E-state index is 12.0. The standard InChI is InChI=1S/C36H66O5/c1-3-5-7-9-10-11-12-13-14-15-19-23-29-41-36(40)26-22-18-17-21-25-32-33(35(39)30-34(32)38)28-27-31(37)24-20-16-8-6-4-2/h11-12,17,21,31-35,37-39H,3-10,13-16,18-20,22-30H2,1-2H3/b12-11+,21-17-/t31-,32+,33+,34-,35+/m0/s1. The Balaban J connectivity index is 2.07. The number of aliphatic hydroxyl groups is 3. The third kappa shape index (κ3) is 20.4. The smallest absolute Gasteiger partial charge is 0.305 e. The van der Waals surface area contributed by atoms with Gasteiger partial charge in [0.1, 0.15) is 0 Å². The largest absolute Gasteiger partial charge is 0.466 e. The van der Waals surface area contributed by atoms with E-state index in [4.69, 9.17) is 4.74 Å². The number of carbonyl (C=O) groups excluding carboxylic acids is 1. The lowest BCUT2D eigenvalue weighted by Gasteiger charge is -2.23. The van der Waals surface area contributed by atoms with Crippen molar-refractivity contribution in [2.75, 3.05) is 6.61 Å². The number of ether oxygens (including phenoxy) is 1. The lowest BCUT2D eigenvalue weighted by atomic mass is 9.85. The van der Waals surface area contributed by atoms with Crippen LogP contribution in [-0.4, -0.2) is 46.2 Å². The van der Waals surface area contributed by atoms with E-state index in [1.807, 2.05) is 0 Å². The van der Waals surface area contributed by atoms with E-state index in [9.17, 15) is 20.1 Å². The zero-order valence-corrected chi connectivity index (χ0v) is 26.8. The third-order valence-electron chi connectivity index (χ3n) is 8.74. The van der Waals surface area contributed by atoms with Crippen LogP contribution < -0.4 is 0 Å². The molecule has 240 valence electrons. The van der Waals surface area contributed by atoms with E-state index in [-0.39, 0.29) is 23.9 Å². The summed E-state index contributed by atoms with van der Waals surface area (Å²) in [6.45, 7) is 4.98. The van der Waals surface area contributed by atoms with Crippen LogP contribution in [0.5, 0.6) is 0 Å². The first-order valence-corrected chi connectivity index (χ1v) is 17.5. The van der Waals surface area contributed by atoms with Gasteiger partial charge in [-0.25, -0.2) is 0 Å². The molecule has 5 nitrogen and oxygen atoms in total. The highest BCUT2D eigenvalue weighted by Gasteiger charge is 2.40. The fraction of sp³-hybridized carbons (Fsp3) is 0.861. The number of unbranched alkanes of at least 4 members (excludes halogenated alkanes) is 13. The molecule has 0 radical (unpaired) electrons. The first kappa shape index (κ1) is 37.9.